The lowest BCUT2D eigenvalue weighted by molar-refractivity contribution is 0.626. The number of aromatic nitrogens is 2. The largest absolute Gasteiger partial charge is 0.453 e. The maximum absolute atomic E-state index is 6.10. The number of para-hydroxylation sites is 1. The van der Waals surface area contributed by atoms with Crippen molar-refractivity contribution in [3.8, 4) is 11.5 Å². The summed E-state index contributed by atoms with van der Waals surface area (Å²) >= 11 is 12.1. The van der Waals surface area contributed by atoms with Crippen LogP contribution in [0.4, 0.5) is 0 Å². The van der Waals surface area contributed by atoms with Crippen molar-refractivity contribution in [1.82, 2.24) is 10.2 Å². The van der Waals surface area contributed by atoms with Gasteiger partial charge in [-0.3, -0.25) is 0 Å². The number of furan rings is 1. The highest BCUT2D eigenvalue weighted by atomic mass is 35.5. The number of rotatable bonds is 1. The fraction of sp³-hybridized carbons (Fsp3) is 0.143. The zero-order chi connectivity index (χ0) is 13.6. The van der Waals surface area contributed by atoms with Crippen LogP contribution in [0.2, 0.25) is 10.2 Å². The van der Waals surface area contributed by atoms with Gasteiger partial charge in [0.25, 0.3) is 0 Å². The summed E-state index contributed by atoms with van der Waals surface area (Å²) < 4.78 is 5.78. The third-order valence-corrected chi connectivity index (χ3v) is 3.85. The fourth-order valence-electron chi connectivity index (χ4n) is 1.95. The molecular formula is C14H10Cl2N2O. The van der Waals surface area contributed by atoms with Gasteiger partial charge in [-0.15, -0.1) is 10.2 Å². The van der Waals surface area contributed by atoms with Gasteiger partial charge < -0.3 is 4.42 Å². The second kappa shape index (κ2) is 4.51. The highest BCUT2D eigenvalue weighted by molar-refractivity contribution is 6.34. The molecule has 0 aliphatic rings. The van der Waals surface area contributed by atoms with Crippen LogP contribution in [0.25, 0.3) is 22.4 Å². The maximum atomic E-state index is 6.10. The molecule has 0 aliphatic carbocycles. The van der Waals surface area contributed by atoms with E-state index in [2.05, 4.69) is 10.2 Å². The molecule has 0 radical (unpaired) electrons. The smallest absolute Gasteiger partial charge is 0.156 e. The Kier molecular flexibility index (Phi) is 2.96. The van der Waals surface area contributed by atoms with Crippen LogP contribution >= 0.6 is 23.2 Å². The number of benzene rings is 1. The number of hydrogen-bond donors (Lipinski definition) is 0. The number of fused-ring (bicyclic) bond motifs is 1. The van der Waals surface area contributed by atoms with Crippen molar-refractivity contribution in [3.05, 3.63) is 45.6 Å². The molecule has 19 heavy (non-hydrogen) atoms. The Hall–Kier alpha value is -1.58. The predicted octanol–water partition coefficient (Wildman–Crippen LogP) is 4.81. The van der Waals surface area contributed by atoms with Crippen LogP contribution in [-0.4, -0.2) is 10.2 Å². The fourth-order valence-corrected chi connectivity index (χ4v) is 2.35. The van der Waals surface area contributed by atoms with Gasteiger partial charge in [0.15, 0.2) is 16.5 Å². The molecule has 0 saturated carbocycles. The van der Waals surface area contributed by atoms with Crippen molar-refractivity contribution < 1.29 is 4.42 Å². The zero-order valence-corrected chi connectivity index (χ0v) is 11.9. The lowest BCUT2D eigenvalue weighted by atomic mass is 10.1. The number of nitrogens with zero attached hydrogens (tertiary/aromatic N) is 2. The van der Waals surface area contributed by atoms with Crippen molar-refractivity contribution in [3.63, 3.8) is 0 Å². The minimum absolute atomic E-state index is 0.412. The first kappa shape index (κ1) is 12.5. The van der Waals surface area contributed by atoms with E-state index in [4.69, 9.17) is 27.6 Å². The molecule has 3 rings (SSSR count). The topological polar surface area (TPSA) is 38.9 Å². The van der Waals surface area contributed by atoms with E-state index in [0.29, 0.717) is 27.2 Å². The summed E-state index contributed by atoms with van der Waals surface area (Å²) in [5.74, 6) is 0.646. The molecule has 1 aromatic carbocycles. The predicted molar refractivity (Wildman–Crippen MR) is 76.7 cm³/mol. The summed E-state index contributed by atoms with van der Waals surface area (Å²) in [6.45, 7) is 3.85. The van der Waals surface area contributed by atoms with Crippen molar-refractivity contribution in [1.29, 1.82) is 0 Å². The molecule has 3 nitrogen and oxygen atoms in total. The summed E-state index contributed by atoms with van der Waals surface area (Å²) in [6, 6.07) is 7.53. The molecule has 0 unspecified atom stereocenters. The highest BCUT2D eigenvalue weighted by Crippen LogP contribution is 2.33. The van der Waals surface area contributed by atoms with Crippen LogP contribution in [0.15, 0.2) is 28.7 Å². The van der Waals surface area contributed by atoms with Gasteiger partial charge in [0, 0.05) is 5.39 Å². The van der Waals surface area contributed by atoms with Crippen molar-refractivity contribution in [2.75, 3.05) is 0 Å². The van der Waals surface area contributed by atoms with Gasteiger partial charge in [0.2, 0.25) is 0 Å². The third kappa shape index (κ3) is 1.99. The molecule has 3 aromatic rings. The zero-order valence-electron chi connectivity index (χ0n) is 10.4. The first-order valence-corrected chi connectivity index (χ1v) is 6.51. The van der Waals surface area contributed by atoms with Gasteiger partial charge in [-0.25, -0.2) is 0 Å². The summed E-state index contributed by atoms with van der Waals surface area (Å²) in [6.07, 6.45) is 0. The van der Waals surface area contributed by atoms with Crippen molar-refractivity contribution >= 4 is 34.2 Å². The molecule has 0 bridgehead atoms. The van der Waals surface area contributed by atoms with Gasteiger partial charge in [-0.2, -0.15) is 0 Å². The lowest BCUT2D eigenvalue weighted by Gasteiger charge is -2.04. The van der Waals surface area contributed by atoms with E-state index in [-0.39, 0.29) is 0 Å². The minimum atomic E-state index is 0.412. The van der Waals surface area contributed by atoms with Crippen LogP contribution in [0, 0.1) is 13.8 Å². The molecule has 0 atom stereocenters. The summed E-state index contributed by atoms with van der Waals surface area (Å²) in [5.41, 5.74) is 3.20. The average Bonchev–Trinajstić information content (AvgIpc) is 2.81. The Bertz CT molecular complexity index is 780. The van der Waals surface area contributed by atoms with Crippen LogP contribution < -0.4 is 0 Å². The van der Waals surface area contributed by atoms with Gasteiger partial charge in [0.1, 0.15) is 5.69 Å². The second-order valence-corrected chi connectivity index (χ2v) is 5.12. The lowest BCUT2D eigenvalue weighted by Crippen LogP contribution is -1.95. The van der Waals surface area contributed by atoms with Gasteiger partial charge in [-0.05, 0) is 37.1 Å². The van der Waals surface area contributed by atoms with E-state index in [0.717, 1.165) is 16.5 Å². The SMILES string of the molecule is Cc1c(Cl)nnc(-c2cc3cccc(Cl)c3o2)c1C. The van der Waals surface area contributed by atoms with E-state index in [1.165, 1.54) is 0 Å². The van der Waals surface area contributed by atoms with Crippen LogP contribution in [0.5, 0.6) is 0 Å². The summed E-state index contributed by atoms with van der Waals surface area (Å²) in [4.78, 5) is 0. The molecule has 96 valence electrons. The second-order valence-electron chi connectivity index (χ2n) is 4.36. The first-order valence-electron chi connectivity index (χ1n) is 5.75. The Balaban J connectivity index is 2.25. The minimum Gasteiger partial charge on any atom is -0.453 e. The summed E-state index contributed by atoms with van der Waals surface area (Å²) in [5, 5.41) is 9.98. The van der Waals surface area contributed by atoms with Gasteiger partial charge in [-0.1, -0.05) is 35.3 Å². The third-order valence-electron chi connectivity index (χ3n) is 3.19. The quantitative estimate of drug-likeness (QED) is 0.646. The van der Waals surface area contributed by atoms with Gasteiger partial charge in [0.05, 0.1) is 5.02 Å². The first-order chi connectivity index (χ1) is 9.08. The van der Waals surface area contributed by atoms with E-state index in [1.54, 1.807) is 6.07 Å². The molecule has 5 heteroatoms. The number of halogens is 2. The molecule has 2 heterocycles. The van der Waals surface area contributed by atoms with Crippen molar-refractivity contribution in [2.45, 2.75) is 13.8 Å². The van der Waals surface area contributed by atoms with E-state index in [9.17, 15) is 0 Å². The molecule has 0 amide bonds. The normalized spacial score (nSPS) is 11.2. The van der Waals surface area contributed by atoms with E-state index >= 15 is 0 Å². The van der Waals surface area contributed by atoms with Gasteiger partial charge >= 0.3 is 0 Å². The molecule has 0 saturated heterocycles. The van der Waals surface area contributed by atoms with Crippen LogP contribution in [0.3, 0.4) is 0 Å². The van der Waals surface area contributed by atoms with Crippen LogP contribution in [0.1, 0.15) is 11.1 Å². The molecule has 0 spiro atoms. The Morgan fingerprint density at radius 3 is 2.58 bits per heavy atom. The van der Waals surface area contributed by atoms with E-state index in [1.807, 2.05) is 32.0 Å². The molecule has 0 N–H and O–H groups in total. The average molecular weight is 293 g/mol. The Labute approximate surface area is 120 Å². The highest BCUT2D eigenvalue weighted by Gasteiger charge is 2.15. The molecule has 0 aliphatic heterocycles. The Morgan fingerprint density at radius 2 is 1.84 bits per heavy atom. The summed E-state index contributed by atoms with van der Waals surface area (Å²) in [7, 11) is 0. The van der Waals surface area contributed by atoms with E-state index < -0.39 is 0 Å². The van der Waals surface area contributed by atoms with Crippen LogP contribution in [-0.2, 0) is 0 Å². The maximum Gasteiger partial charge on any atom is 0.156 e. The molecule has 0 fully saturated rings. The molecular weight excluding hydrogens is 283 g/mol. The standard InChI is InChI=1S/C14H10Cl2N2O/c1-7-8(2)14(16)18-17-12(7)11-6-9-4-3-5-10(15)13(9)19-11/h3-6H,1-2H3. The monoisotopic (exact) mass is 292 g/mol. The molecule has 2 aromatic heterocycles. The van der Waals surface area contributed by atoms with Crippen molar-refractivity contribution in [2.24, 2.45) is 0 Å². The Morgan fingerprint density at radius 1 is 1.05 bits per heavy atom. The number of hydrogen-bond acceptors (Lipinski definition) is 3.